The van der Waals surface area contributed by atoms with Gasteiger partial charge in [0.1, 0.15) is 7.19 Å². The van der Waals surface area contributed by atoms with E-state index in [2.05, 4.69) is 14.7 Å². The zero-order chi connectivity index (χ0) is 24.1. The van der Waals surface area contributed by atoms with E-state index in [0.29, 0.717) is 17.7 Å². The van der Waals surface area contributed by atoms with Gasteiger partial charge in [0.05, 0.1) is 30.4 Å². The molecule has 0 saturated heterocycles. The summed E-state index contributed by atoms with van der Waals surface area (Å²) >= 11 is 5.67. The molecule has 0 bridgehead atoms. The number of hydrogen-bond acceptors (Lipinski definition) is 4. The van der Waals surface area contributed by atoms with E-state index in [1.54, 1.807) is 0 Å². The number of esters is 1. The molecule has 31 heavy (non-hydrogen) atoms. The molecule has 1 atom stereocenters. The molecular formula is C20H14ClF6NO3. The number of hydrogen-bond donors (Lipinski definition) is 0. The van der Waals surface area contributed by atoms with Crippen LogP contribution < -0.4 is 0 Å². The summed E-state index contributed by atoms with van der Waals surface area (Å²) in [7, 11) is 1.16. The minimum atomic E-state index is -5.29. The molecule has 0 aromatic heterocycles. The molecule has 1 unspecified atom stereocenters. The summed E-state index contributed by atoms with van der Waals surface area (Å²) in [5.74, 6) is -2.63. The third kappa shape index (κ3) is 3.96. The summed E-state index contributed by atoms with van der Waals surface area (Å²) in [4.78, 5) is 16.4. The number of aryl methyl sites for hydroxylation is 1. The van der Waals surface area contributed by atoms with Crippen molar-refractivity contribution in [1.82, 2.24) is 0 Å². The number of halogens is 7. The Labute approximate surface area is 178 Å². The van der Waals surface area contributed by atoms with Crippen molar-refractivity contribution in [3.05, 3.63) is 69.0 Å². The number of oxime groups is 1. The van der Waals surface area contributed by atoms with Gasteiger partial charge in [-0.2, -0.15) is 13.2 Å². The Balaban J connectivity index is 2.10. The van der Waals surface area contributed by atoms with E-state index in [-0.39, 0.29) is 16.8 Å². The molecule has 11 heteroatoms. The highest BCUT2D eigenvalue weighted by Gasteiger charge is 2.63. The second-order valence-corrected chi connectivity index (χ2v) is 7.16. The Bertz CT molecular complexity index is 1120. The zero-order valence-corrected chi connectivity index (χ0v) is 16.7. The predicted octanol–water partition coefficient (Wildman–Crippen LogP) is 6.09. The SMILES string of the molecule is [3H]C(F)(F)c1cc(Cl)cc(C2(C(F)(F)F)CC(c3ccc(C(=O)OC)c(C)c3)=NO2)c1F. The molecule has 0 radical (unpaired) electrons. The minimum absolute atomic E-state index is 0.134. The average molecular weight is 468 g/mol. The molecule has 0 saturated carbocycles. The van der Waals surface area contributed by atoms with Gasteiger partial charge >= 0.3 is 12.1 Å². The van der Waals surface area contributed by atoms with Crippen LogP contribution in [0.4, 0.5) is 26.3 Å². The Hall–Kier alpha value is -2.75. The van der Waals surface area contributed by atoms with Crippen LogP contribution in [0.2, 0.25) is 5.02 Å². The first-order valence-corrected chi connectivity index (χ1v) is 8.98. The van der Waals surface area contributed by atoms with Gasteiger partial charge in [-0.1, -0.05) is 22.8 Å². The van der Waals surface area contributed by atoms with Gasteiger partial charge in [-0.25, -0.2) is 18.0 Å². The Morgan fingerprint density at radius 2 is 2.00 bits per heavy atom. The molecule has 0 amide bonds. The largest absolute Gasteiger partial charge is 0.465 e. The number of benzene rings is 2. The lowest BCUT2D eigenvalue weighted by molar-refractivity contribution is -0.276. The lowest BCUT2D eigenvalue weighted by atomic mass is 9.85. The summed E-state index contributed by atoms with van der Waals surface area (Å²) in [6, 6.07) is 4.86. The molecule has 1 heterocycles. The second kappa shape index (κ2) is 8.07. The monoisotopic (exact) mass is 467 g/mol. The maximum Gasteiger partial charge on any atom is 0.435 e. The van der Waals surface area contributed by atoms with Gasteiger partial charge in [-0.15, -0.1) is 0 Å². The van der Waals surface area contributed by atoms with Crippen LogP contribution in [0.3, 0.4) is 0 Å². The second-order valence-electron chi connectivity index (χ2n) is 6.73. The number of carbonyl (C=O) groups is 1. The third-order valence-corrected chi connectivity index (χ3v) is 5.05. The van der Waals surface area contributed by atoms with Gasteiger partial charge in [0.25, 0.3) is 12.0 Å². The highest BCUT2D eigenvalue weighted by Crippen LogP contribution is 2.51. The Kier molecular flexibility index (Phi) is 5.59. The van der Waals surface area contributed by atoms with Crippen LogP contribution in [-0.4, -0.2) is 25.0 Å². The number of nitrogens with zero attached hydrogens (tertiary/aromatic N) is 1. The molecule has 2 aromatic rings. The maximum atomic E-state index is 14.8. The Morgan fingerprint density at radius 1 is 1.32 bits per heavy atom. The standard InChI is InChI=1S/C20H14ClF6NO3/c1-9-5-10(3-4-12(9)18(29)30-2)15-8-19(31-28-15,20(25,26)27)14-7-11(21)6-13(16(14)22)17(23)24/h3-7,17H,8H2,1-2H3/i17T. The molecule has 1 aliphatic rings. The molecule has 166 valence electrons. The average Bonchev–Trinajstić information content (AvgIpc) is 3.14. The van der Waals surface area contributed by atoms with Crippen molar-refractivity contribution in [1.29, 1.82) is 0 Å². The number of ether oxygens (including phenoxy) is 1. The fourth-order valence-corrected chi connectivity index (χ4v) is 3.46. The number of methoxy groups -OCH3 is 1. The van der Waals surface area contributed by atoms with Crippen molar-refractivity contribution in [2.75, 3.05) is 7.11 Å². The highest BCUT2D eigenvalue weighted by atomic mass is 35.5. The van der Waals surface area contributed by atoms with Crippen LogP contribution in [0.1, 0.15) is 46.8 Å². The molecule has 4 nitrogen and oxygen atoms in total. The smallest absolute Gasteiger partial charge is 0.435 e. The molecule has 3 rings (SSSR count). The first-order chi connectivity index (χ1) is 14.7. The topological polar surface area (TPSA) is 47.9 Å². The van der Waals surface area contributed by atoms with Crippen molar-refractivity contribution in [2.24, 2.45) is 5.16 Å². The highest BCUT2D eigenvalue weighted by molar-refractivity contribution is 6.30. The number of rotatable bonds is 4. The van der Waals surface area contributed by atoms with Crippen LogP contribution in [0, 0.1) is 12.7 Å². The lowest BCUT2D eigenvalue weighted by Gasteiger charge is -2.30. The molecule has 1 aliphatic heterocycles. The van der Waals surface area contributed by atoms with Gasteiger partial charge in [0.15, 0.2) is 0 Å². The summed E-state index contributed by atoms with van der Waals surface area (Å²) in [6.07, 6.45) is -10.9. The van der Waals surface area contributed by atoms with Gasteiger partial charge in [-0.05, 0) is 42.3 Å². The van der Waals surface area contributed by atoms with Gasteiger partial charge in [0, 0.05) is 10.6 Å². The van der Waals surface area contributed by atoms with Crippen molar-refractivity contribution >= 4 is 23.3 Å². The van der Waals surface area contributed by atoms with Crippen LogP contribution in [0.15, 0.2) is 35.5 Å². The fraction of sp³-hybridized carbons (Fsp3) is 0.300. The van der Waals surface area contributed by atoms with E-state index in [9.17, 15) is 31.1 Å². The van der Waals surface area contributed by atoms with Crippen LogP contribution in [0.25, 0.3) is 0 Å². The van der Waals surface area contributed by atoms with E-state index in [1.165, 1.54) is 25.1 Å². The molecule has 0 spiro atoms. The molecule has 2 aromatic carbocycles. The first kappa shape index (κ1) is 21.5. The molecule has 0 fully saturated rings. The Morgan fingerprint density at radius 3 is 2.55 bits per heavy atom. The van der Waals surface area contributed by atoms with Crippen molar-refractivity contribution < 1.29 is 42.1 Å². The molecular weight excluding hydrogens is 452 g/mol. The van der Waals surface area contributed by atoms with Crippen LogP contribution in [-0.2, 0) is 15.2 Å². The first-order valence-electron chi connectivity index (χ1n) is 9.10. The van der Waals surface area contributed by atoms with E-state index in [0.717, 1.165) is 7.11 Å². The summed E-state index contributed by atoms with van der Waals surface area (Å²) in [5, 5.41) is 2.80. The zero-order valence-electron chi connectivity index (χ0n) is 16.9. The predicted molar refractivity (Wildman–Crippen MR) is 98.9 cm³/mol. The van der Waals surface area contributed by atoms with Gasteiger partial charge in [0.2, 0.25) is 0 Å². The third-order valence-electron chi connectivity index (χ3n) is 4.83. The fourth-order valence-electron chi connectivity index (χ4n) is 3.24. The lowest BCUT2D eigenvalue weighted by Crippen LogP contribution is -2.43. The molecule has 0 N–H and O–H groups in total. The van der Waals surface area contributed by atoms with Crippen molar-refractivity contribution in [3.63, 3.8) is 0 Å². The summed E-state index contributed by atoms with van der Waals surface area (Å²) in [6.45, 7) is 1.52. The van der Waals surface area contributed by atoms with E-state index < -0.39 is 52.5 Å². The van der Waals surface area contributed by atoms with Gasteiger partial charge < -0.3 is 9.57 Å². The van der Waals surface area contributed by atoms with Gasteiger partial charge in [-0.3, -0.25) is 0 Å². The maximum absolute atomic E-state index is 14.8. The van der Waals surface area contributed by atoms with Crippen LogP contribution >= 0.6 is 11.6 Å². The van der Waals surface area contributed by atoms with E-state index in [1.807, 2.05) is 0 Å². The molecule has 0 aliphatic carbocycles. The normalized spacial score (nSPS) is 19.5. The summed E-state index contributed by atoms with van der Waals surface area (Å²) < 4.78 is 95.5. The summed E-state index contributed by atoms with van der Waals surface area (Å²) in [5.41, 5.74) is -5.99. The van der Waals surface area contributed by atoms with Crippen molar-refractivity contribution in [2.45, 2.75) is 31.5 Å². The minimum Gasteiger partial charge on any atom is -0.465 e. The van der Waals surface area contributed by atoms with Crippen LogP contribution in [0.5, 0.6) is 0 Å². The van der Waals surface area contributed by atoms with Crippen molar-refractivity contribution in [3.8, 4) is 0 Å². The number of alkyl halides is 5. The quantitative estimate of drug-likeness (QED) is 0.403. The number of carbonyl (C=O) groups excluding carboxylic acids is 1. The van der Waals surface area contributed by atoms with E-state index in [4.69, 9.17) is 13.0 Å². The van der Waals surface area contributed by atoms with E-state index >= 15 is 0 Å².